The van der Waals surface area contributed by atoms with Gasteiger partial charge in [-0.3, -0.25) is 9.69 Å². The molecule has 86 valence electrons. The molecule has 4 nitrogen and oxygen atoms in total. The summed E-state index contributed by atoms with van der Waals surface area (Å²) in [4.78, 5) is 13.4. The lowest BCUT2D eigenvalue weighted by molar-refractivity contribution is -0.117. The zero-order chi connectivity index (χ0) is 11.5. The standard InChI is InChI=1S/C10H13N3OS2/c1-3-7-5-8(14)13(6-7)9-11-12-10(16-9)15-4-2/h3,7H,1,4-6H2,2H3. The first kappa shape index (κ1) is 11.6. The lowest BCUT2D eigenvalue weighted by atomic mass is 10.1. The SMILES string of the molecule is C=CC1CC(=O)N(c2nnc(SCC)s2)C1. The van der Waals surface area contributed by atoms with Crippen molar-refractivity contribution in [2.75, 3.05) is 17.2 Å². The lowest BCUT2D eigenvalue weighted by Gasteiger charge is -2.10. The van der Waals surface area contributed by atoms with Gasteiger partial charge in [-0.2, -0.15) is 0 Å². The van der Waals surface area contributed by atoms with E-state index in [0.29, 0.717) is 18.1 Å². The van der Waals surface area contributed by atoms with Crippen LogP contribution in [0.4, 0.5) is 5.13 Å². The van der Waals surface area contributed by atoms with E-state index in [0.717, 1.165) is 10.1 Å². The second-order valence-corrected chi connectivity index (χ2v) is 5.95. The normalized spacial score (nSPS) is 20.4. The van der Waals surface area contributed by atoms with Crippen molar-refractivity contribution in [3.63, 3.8) is 0 Å². The summed E-state index contributed by atoms with van der Waals surface area (Å²) < 4.78 is 0.923. The van der Waals surface area contributed by atoms with Gasteiger partial charge in [-0.15, -0.1) is 16.8 Å². The maximum atomic E-state index is 11.7. The molecular formula is C10H13N3OS2. The summed E-state index contributed by atoms with van der Waals surface area (Å²) >= 11 is 3.13. The van der Waals surface area contributed by atoms with Gasteiger partial charge in [0.05, 0.1) is 0 Å². The Labute approximate surface area is 103 Å². The molecule has 1 unspecified atom stereocenters. The zero-order valence-corrected chi connectivity index (χ0v) is 10.7. The predicted molar refractivity (Wildman–Crippen MR) is 67.0 cm³/mol. The third-order valence-electron chi connectivity index (χ3n) is 2.38. The van der Waals surface area contributed by atoms with Crippen LogP contribution in [0, 0.1) is 5.92 Å². The van der Waals surface area contributed by atoms with Gasteiger partial charge in [-0.1, -0.05) is 36.1 Å². The average Bonchev–Trinajstić information content (AvgIpc) is 2.85. The van der Waals surface area contributed by atoms with E-state index in [9.17, 15) is 4.79 Å². The van der Waals surface area contributed by atoms with E-state index in [-0.39, 0.29) is 11.8 Å². The Hall–Kier alpha value is -0.880. The second kappa shape index (κ2) is 4.97. The van der Waals surface area contributed by atoms with E-state index in [1.54, 1.807) is 16.7 Å². The lowest BCUT2D eigenvalue weighted by Crippen LogP contribution is -2.24. The molecule has 0 aromatic carbocycles. The van der Waals surface area contributed by atoms with Crippen molar-refractivity contribution in [2.45, 2.75) is 17.7 Å². The van der Waals surface area contributed by atoms with Crippen LogP contribution in [0.1, 0.15) is 13.3 Å². The third kappa shape index (κ3) is 2.27. The van der Waals surface area contributed by atoms with E-state index in [2.05, 4.69) is 23.7 Å². The molecule has 1 saturated heterocycles. The second-order valence-electron chi connectivity index (χ2n) is 3.49. The molecule has 16 heavy (non-hydrogen) atoms. The molecule has 1 atom stereocenters. The molecule has 1 aliphatic rings. The highest BCUT2D eigenvalue weighted by Crippen LogP contribution is 2.31. The maximum Gasteiger partial charge on any atom is 0.229 e. The van der Waals surface area contributed by atoms with Crippen LogP contribution in [0.5, 0.6) is 0 Å². The van der Waals surface area contributed by atoms with E-state index in [4.69, 9.17) is 0 Å². The quantitative estimate of drug-likeness (QED) is 0.470. The van der Waals surface area contributed by atoms with Gasteiger partial charge >= 0.3 is 0 Å². The first-order valence-corrected chi connectivity index (χ1v) is 6.94. The van der Waals surface area contributed by atoms with Crippen molar-refractivity contribution in [1.82, 2.24) is 10.2 Å². The number of amides is 1. The topological polar surface area (TPSA) is 46.1 Å². The van der Waals surface area contributed by atoms with Gasteiger partial charge in [0.25, 0.3) is 0 Å². The first-order valence-electron chi connectivity index (χ1n) is 5.13. The highest BCUT2D eigenvalue weighted by molar-refractivity contribution is 8.01. The molecule has 1 aromatic heterocycles. The fourth-order valence-corrected chi connectivity index (χ4v) is 3.34. The van der Waals surface area contributed by atoms with Crippen LogP contribution in [-0.4, -0.2) is 28.4 Å². The van der Waals surface area contributed by atoms with Crippen LogP contribution in [0.15, 0.2) is 17.0 Å². The highest BCUT2D eigenvalue weighted by atomic mass is 32.2. The number of carbonyl (C=O) groups is 1. The molecule has 0 bridgehead atoms. The van der Waals surface area contributed by atoms with Gasteiger partial charge in [0.2, 0.25) is 11.0 Å². The van der Waals surface area contributed by atoms with Crippen molar-refractivity contribution in [3.05, 3.63) is 12.7 Å². The molecule has 2 rings (SSSR count). The molecule has 1 aromatic rings. The van der Waals surface area contributed by atoms with Gasteiger partial charge in [-0.25, -0.2) is 0 Å². The summed E-state index contributed by atoms with van der Waals surface area (Å²) in [6.45, 7) is 6.48. The summed E-state index contributed by atoms with van der Waals surface area (Å²) in [5.41, 5.74) is 0. The van der Waals surface area contributed by atoms with Crippen molar-refractivity contribution in [2.24, 2.45) is 5.92 Å². The van der Waals surface area contributed by atoms with Gasteiger partial charge in [0, 0.05) is 18.9 Å². The molecule has 1 amide bonds. The molecule has 1 aliphatic heterocycles. The number of rotatable bonds is 4. The summed E-state index contributed by atoms with van der Waals surface area (Å²) in [5, 5.41) is 8.82. The predicted octanol–water partition coefficient (Wildman–Crippen LogP) is 2.19. The zero-order valence-electron chi connectivity index (χ0n) is 9.05. The van der Waals surface area contributed by atoms with Crippen LogP contribution in [0.3, 0.4) is 0 Å². The first-order chi connectivity index (χ1) is 7.74. The minimum atomic E-state index is 0.120. The molecule has 0 N–H and O–H groups in total. The summed E-state index contributed by atoms with van der Waals surface area (Å²) in [7, 11) is 0. The fraction of sp³-hybridized carbons (Fsp3) is 0.500. The molecule has 6 heteroatoms. The van der Waals surface area contributed by atoms with E-state index in [1.807, 2.05) is 6.08 Å². The van der Waals surface area contributed by atoms with Crippen molar-refractivity contribution in [3.8, 4) is 0 Å². The van der Waals surface area contributed by atoms with Crippen LogP contribution in [0.2, 0.25) is 0 Å². The Bertz CT molecular complexity index is 405. The Balaban J connectivity index is 2.11. The Kier molecular flexibility index (Phi) is 3.60. The molecular weight excluding hydrogens is 242 g/mol. The van der Waals surface area contributed by atoms with Crippen molar-refractivity contribution < 1.29 is 4.79 Å². The Morgan fingerprint density at radius 2 is 2.50 bits per heavy atom. The number of thioether (sulfide) groups is 1. The van der Waals surface area contributed by atoms with Crippen LogP contribution in [-0.2, 0) is 4.79 Å². The number of anilines is 1. The van der Waals surface area contributed by atoms with Crippen LogP contribution in [0.25, 0.3) is 0 Å². The van der Waals surface area contributed by atoms with E-state index < -0.39 is 0 Å². The molecule has 1 fully saturated rings. The summed E-state index contributed by atoms with van der Waals surface area (Å²) in [5.74, 6) is 1.34. The minimum absolute atomic E-state index is 0.120. The highest BCUT2D eigenvalue weighted by Gasteiger charge is 2.30. The molecule has 0 radical (unpaired) electrons. The molecule has 0 saturated carbocycles. The number of hydrogen-bond donors (Lipinski definition) is 0. The largest absolute Gasteiger partial charge is 0.286 e. The monoisotopic (exact) mass is 255 g/mol. The van der Waals surface area contributed by atoms with Gasteiger partial charge in [0.1, 0.15) is 0 Å². The van der Waals surface area contributed by atoms with Gasteiger partial charge < -0.3 is 0 Å². The summed E-state index contributed by atoms with van der Waals surface area (Å²) in [6, 6.07) is 0. The molecule has 0 aliphatic carbocycles. The fourth-order valence-electron chi connectivity index (χ4n) is 1.57. The minimum Gasteiger partial charge on any atom is -0.286 e. The van der Waals surface area contributed by atoms with Crippen LogP contribution >= 0.6 is 23.1 Å². The van der Waals surface area contributed by atoms with E-state index in [1.165, 1.54) is 11.3 Å². The number of aromatic nitrogens is 2. The maximum absolute atomic E-state index is 11.7. The smallest absolute Gasteiger partial charge is 0.229 e. The number of hydrogen-bond acceptors (Lipinski definition) is 5. The average molecular weight is 255 g/mol. The molecule has 2 heterocycles. The molecule has 0 spiro atoms. The van der Waals surface area contributed by atoms with Crippen molar-refractivity contribution in [1.29, 1.82) is 0 Å². The van der Waals surface area contributed by atoms with Gasteiger partial charge in [0.15, 0.2) is 4.34 Å². The Morgan fingerprint density at radius 1 is 1.69 bits per heavy atom. The van der Waals surface area contributed by atoms with E-state index >= 15 is 0 Å². The van der Waals surface area contributed by atoms with Crippen molar-refractivity contribution >= 4 is 34.1 Å². The number of carbonyl (C=O) groups excluding carboxylic acids is 1. The summed E-state index contributed by atoms with van der Waals surface area (Å²) in [6.07, 6.45) is 2.37. The van der Waals surface area contributed by atoms with Crippen LogP contribution < -0.4 is 4.90 Å². The number of nitrogens with zero attached hydrogens (tertiary/aromatic N) is 3. The van der Waals surface area contributed by atoms with Gasteiger partial charge in [-0.05, 0) is 5.75 Å². The third-order valence-corrected chi connectivity index (χ3v) is 4.34. The Morgan fingerprint density at radius 3 is 3.12 bits per heavy atom.